The van der Waals surface area contributed by atoms with Gasteiger partial charge in [-0.25, -0.2) is 4.68 Å². The normalized spacial score (nSPS) is 10.8. The Morgan fingerprint density at radius 2 is 2.00 bits per heavy atom. The van der Waals surface area contributed by atoms with Crippen molar-refractivity contribution in [1.82, 2.24) is 14.8 Å². The van der Waals surface area contributed by atoms with E-state index in [1.54, 1.807) is 6.20 Å². The number of rotatable bonds is 1. The van der Waals surface area contributed by atoms with Crippen LogP contribution in [0, 0.1) is 6.92 Å². The van der Waals surface area contributed by atoms with Crippen molar-refractivity contribution in [2.45, 2.75) is 6.92 Å². The molecule has 0 aliphatic rings. The second-order valence-electron chi connectivity index (χ2n) is 3.78. The molecule has 0 unspecified atom stereocenters. The van der Waals surface area contributed by atoms with Crippen molar-refractivity contribution < 1.29 is 0 Å². The van der Waals surface area contributed by atoms with Gasteiger partial charge in [0, 0.05) is 11.6 Å². The zero-order valence-electron chi connectivity index (χ0n) is 8.96. The largest absolute Gasteiger partial charge is 0.262 e. The first-order valence-corrected chi connectivity index (χ1v) is 5.20. The molecule has 0 spiro atoms. The fourth-order valence-corrected chi connectivity index (χ4v) is 1.88. The number of pyridine rings is 1. The summed E-state index contributed by atoms with van der Waals surface area (Å²) in [6, 6.07) is 10.1. The molecular formula is C13H11N3. The van der Waals surface area contributed by atoms with Crippen LogP contribution in [0.5, 0.6) is 0 Å². The number of aryl methyl sites for hydroxylation is 1. The van der Waals surface area contributed by atoms with Crippen LogP contribution in [-0.4, -0.2) is 14.8 Å². The second kappa shape index (κ2) is 3.45. The van der Waals surface area contributed by atoms with Gasteiger partial charge in [-0.1, -0.05) is 12.1 Å². The average Bonchev–Trinajstić information content (AvgIpc) is 2.75. The fourth-order valence-electron chi connectivity index (χ4n) is 1.88. The van der Waals surface area contributed by atoms with Gasteiger partial charge in [-0.15, -0.1) is 0 Å². The van der Waals surface area contributed by atoms with E-state index in [4.69, 9.17) is 0 Å². The predicted molar refractivity (Wildman–Crippen MR) is 63.6 cm³/mol. The zero-order chi connectivity index (χ0) is 11.0. The summed E-state index contributed by atoms with van der Waals surface area (Å²) in [7, 11) is 0. The Hall–Kier alpha value is -2.16. The van der Waals surface area contributed by atoms with E-state index in [0.29, 0.717) is 0 Å². The van der Waals surface area contributed by atoms with Crippen LogP contribution in [0.1, 0.15) is 5.56 Å². The summed E-state index contributed by atoms with van der Waals surface area (Å²) in [5, 5.41) is 5.59. The lowest BCUT2D eigenvalue weighted by Gasteiger charge is -2.02. The molecule has 0 amide bonds. The van der Waals surface area contributed by atoms with E-state index in [-0.39, 0.29) is 0 Å². The molecule has 0 N–H and O–H groups in total. The quantitative estimate of drug-likeness (QED) is 0.617. The Labute approximate surface area is 93.4 Å². The summed E-state index contributed by atoms with van der Waals surface area (Å²) in [4.78, 5) is 4.11. The lowest BCUT2D eigenvalue weighted by atomic mass is 10.1. The molecule has 0 saturated carbocycles. The third-order valence-electron chi connectivity index (χ3n) is 2.72. The Kier molecular flexibility index (Phi) is 1.96. The highest BCUT2D eigenvalue weighted by molar-refractivity contribution is 5.83. The molecule has 0 saturated heterocycles. The highest BCUT2D eigenvalue weighted by Gasteiger charge is 2.05. The molecule has 78 valence electrons. The molecule has 0 aliphatic carbocycles. The Morgan fingerprint density at radius 3 is 2.81 bits per heavy atom. The SMILES string of the molecule is Cc1cccc2c1cnn2-c1cccnc1. The maximum Gasteiger partial charge on any atom is 0.0836 e. The molecular weight excluding hydrogens is 198 g/mol. The van der Waals surface area contributed by atoms with Crippen LogP contribution in [-0.2, 0) is 0 Å². The Morgan fingerprint density at radius 1 is 1.06 bits per heavy atom. The van der Waals surface area contributed by atoms with Gasteiger partial charge in [0.1, 0.15) is 0 Å². The van der Waals surface area contributed by atoms with E-state index in [0.717, 1.165) is 11.2 Å². The summed E-state index contributed by atoms with van der Waals surface area (Å²) in [5.74, 6) is 0. The first-order chi connectivity index (χ1) is 7.86. The zero-order valence-corrected chi connectivity index (χ0v) is 8.96. The van der Waals surface area contributed by atoms with E-state index in [1.807, 2.05) is 35.3 Å². The topological polar surface area (TPSA) is 30.7 Å². The van der Waals surface area contributed by atoms with Crippen LogP contribution < -0.4 is 0 Å². The second-order valence-corrected chi connectivity index (χ2v) is 3.78. The van der Waals surface area contributed by atoms with Gasteiger partial charge in [0.25, 0.3) is 0 Å². The van der Waals surface area contributed by atoms with Crippen molar-refractivity contribution in [3.63, 3.8) is 0 Å². The summed E-state index contributed by atoms with van der Waals surface area (Å²) >= 11 is 0. The standard InChI is InChI=1S/C13H11N3/c1-10-4-2-6-13-12(10)9-15-16(13)11-5-3-7-14-8-11/h2-9H,1H3. The molecule has 16 heavy (non-hydrogen) atoms. The molecule has 2 aromatic heterocycles. The summed E-state index contributed by atoms with van der Waals surface area (Å²) in [5.41, 5.74) is 3.35. The monoisotopic (exact) mass is 209 g/mol. The maximum atomic E-state index is 4.40. The van der Waals surface area contributed by atoms with Gasteiger partial charge in [0.15, 0.2) is 0 Å². The van der Waals surface area contributed by atoms with Crippen LogP contribution in [0.4, 0.5) is 0 Å². The third-order valence-corrected chi connectivity index (χ3v) is 2.72. The van der Waals surface area contributed by atoms with E-state index in [2.05, 4.69) is 29.1 Å². The number of hydrogen-bond acceptors (Lipinski definition) is 2. The van der Waals surface area contributed by atoms with Crippen molar-refractivity contribution in [2.75, 3.05) is 0 Å². The van der Waals surface area contributed by atoms with E-state index >= 15 is 0 Å². The van der Waals surface area contributed by atoms with Crippen LogP contribution >= 0.6 is 0 Å². The van der Waals surface area contributed by atoms with Crippen molar-refractivity contribution in [2.24, 2.45) is 0 Å². The highest BCUT2D eigenvalue weighted by Crippen LogP contribution is 2.20. The minimum atomic E-state index is 0.989. The van der Waals surface area contributed by atoms with Crippen molar-refractivity contribution in [1.29, 1.82) is 0 Å². The third kappa shape index (κ3) is 1.29. The summed E-state index contributed by atoms with van der Waals surface area (Å²) < 4.78 is 1.91. The smallest absolute Gasteiger partial charge is 0.0836 e. The summed E-state index contributed by atoms with van der Waals surface area (Å²) in [6.07, 6.45) is 5.48. The van der Waals surface area contributed by atoms with Crippen LogP contribution in [0.3, 0.4) is 0 Å². The van der Waals surface area contributed by atoms with E-state index < -0.39 is 0 Å². The Balaban J connectivity index is 2.30. The molecule has 0 bridgehead atoms. The van der Waals surface area contributed by atoms with Gasteiger partial charge in [0.05, 0.1) is 23.6 Å². The molecule has 0 radical (unpaired) electrons. The lowest BCUT2D eigenvalue weighted by molar-refractivity contribution is 0.903. The van der Waals surface area contributed by atoms with Crippen molar-refractivity contribution in [3.05, 3.63) is 54.5 Å². The molecule has 2 heterocycles. The minimum Gasteiger partial charge on any atom is -0.262 e. The van der Waals surface area contributed by atoms with Gasteiger partial charge >= 0.3 is 0 Å². The van der Waals surface area contributed by atoms with Gasteiger partial charge in [-0.3, -0.25) is 4.98 Å². The molecule has 0 fully saturated rings. The summed E-state index contributed by atoms with van der Waals surface area (Å²) in [6.45, 7) is 2.09. The first-order valence-electron chi connectivity index (χ1n) is 5.20. The molecule has 3 aromatic rings. The van der Waals surface area contributed by atoms with Gasteiger partial charge < -0.3 is 0 Å². The lowest BCUT2D eigenvalue weighted by Crippen LogP contribution is -1.95. The number of nitrogens with zero attached hydrogens (tertiary/aromatic N) is 3. The van der Waals surface area contributed by atoms with Crippen molar-refractivity contribution >= 4 is 10.9 Å². The number of aromatic nitrogens is 3. The number of hydrogen-bond donors (Lipinski definition) is 0. The molecule has 0 atom stereocenters. The van der Waals surface area contributed by atoms with Crippen LogP contribution in [0.15, 0.2) is 48.9 Å². The van der Waals surface area contributed by atoms with E-state index in [9.17, 15) is 0 Å². The fraction of sp³-hybridized carbons (Fsp3) is 0.0769. The average molecular weight is 209 g/mol. The van der Waals surface area contributed by atoms with Gasteiger partial charge in [-0.2, -0.15) is 5.10 Å². The minimum absolute atomic E-state index is 0.989. The van der Waals surface area contributed by atoms with Crippen LogP contribution in [0.2, 0.25) is 0 Å². The van der Waals surface area contributed by atoms with Crippen molar-refractivity contribution in [3.8, 4) is 5.69 Å². The number of benzene rings is 1. The maximum absolute atomic E-state index is 4.40. The van der Waals surface area contributed by atoms with Crippen LogP contribution in [0.25, 0.3) is 16.6 Å². The molecule has 1 aromatic carbocycles. The Bertz CT molecular complexity index is 626. The first kappa shape index (κ1) is 9.09. The molecule has 3 rings (SSSR count). The number of fused-ring (bicyclic) bond motifs is 1. The predicted octanol–water partition coefficient (Wildman–Crippen LogP) is 2.73. The van der Waals surface area contributed by atoms with E-state index in [1.165, 1.54) is 10.9 Å². The molecule has 0 aliphatic heterocycles. The molecule has 3 heteroatoms. The highest BCUT2D eigenvalue weighted by atomic mass is 15.3. The molecule has 3 nitrogen and oxygen atoms in total. The van der Waals surface area contributed by atoms with Gasteiger partial charge in [0.2, 0.25) is 0 Å². The van der Waals surface area contributed by atoms with Gasteiger partial charge in [-0.05, 0) is 30.7 Å².